The van der Waals surface area contributed by atoms with Gasteiger partial charge in [-0.1, -0.05) is 48.3 Å². The van der Waals surface area contributed by atoms with Crippen molar-refractivity contribution in [3.8, 4) is 0 Å². The molecule has 0 radical (unpaired) electrons. The van der Waals surface area contributed by atoms with E-state index < -0.39 is 6.04 Å². The van der Waals surface area contributed by atoms with Crippen LogP contribution in [0.3, 0.4) is 0 Å². The van der Waals surface area contributed by atoms with Gasteiger partial charge in [-0.05, 0) is 36.8 Å². The van der Waals surface area contributed by atoms with Gasteiger partial charge in [0.25, 0.3) is 5.91 Å². The van der Waals surface area contributed by atoms with Crippen molar-refractivity contribution in [1.82, 2.24) is 9.80 Å². The molecule has 0 aliphatic carbocycles. The van der Waals surface area contributed by atoms with Crippen LogP contribution in [0.5, 0.6) is 0 Å². The SMILES string of the molecule is CCCN(CC(=O)Nc1cc(Cl)ccc1Cl)C(=O)[C@@H]1CSCN1C(=O)c1ccccc1. The van der Waals surface area contributed by atoms with E-state index in [4.69, 9.17) is 23.2 Å². The Hall–Kier alpha value is -2.22. The highest BCUT2D eigenvalue weighted by atomic mass is 35.5. The van der Waals surface area contributed by atoms with E-state index >= 15 is 0 Å². The number of carbonyl (C=O) groups excluding carboxylic acids is 3. The van der Waals surface area contributed by atoms with Crippen molar-refractivity contribution in [2.24, 2.45) is 0 Å². The standard InChI is InChI=1S/C22H23Cl2N3O3S/c1-2-10-26(12-20(28)25-18-11-16(23)8-9-17(18)24)22(30)19-13-31-14-27(19)21(29)15-6-4-3-5-7-15/h3-9,11,19H,2,10,12-14H2,1H3,(H,25,28)/t19-/m0/s1. The summed E-state index contributed by atoms with van der Waals surface area (Å²) in [7, 11) is 0. The lowest BCUT2D eigenvalue weighted by Gasteiger charge is -2.29. The first-order chi connectivity index (χ1) is 14.9. The van der Waals surface area contributed by atoms with Gasteiger partial charge >= 0.3 is 0 Å². The molecule has 2 aromatic rings. The lowest BCUT2D eigenvalue weighted by Crippen LogP contribution is -2.51. The van der Waals surface area contributed by atoms with Crippen LogP contribution in [0.2, 0.25) is 10.0 Å². The van der Waals surface area contributed by atoms with Crippen molar-refractivity contribution in [3.05, 3.63) is 64.1 Å². The molecule has 3 rings (SSSR count). The first-order valence-electron chi connectivity index (χ1n) is 9.88. The fourth-order valence-corrected chi connectivity index (χ4v) is 4.78. The summed E-state index contributed by atoms with van der Waals surface area (Å²) in [4.78, 5) is 41.9. The van der Waals surface area contributed by atoms with E-state index in [1.807, 2.05) is 13.0 Å². The minimum absolute atomic E-state index is 0.135. The lowest BCUT2D eigenvalue weighted by atomic mass is 10.1. The van der Waals surface area contributed by atoms with Crippen molar-refractivity contribution in [3.63, 3.8) is 0 Å². The maximum Gasteiger partial charge on any atom is 0.255 e. The number of hydrogen-bond acceptors (Lipinski definition) is 4. The fourth-order valence-electron chi connectivity index (χ4n) is 3.30. The molecule has 1 aliphatic heterocycles. The predicted molar refractivity (Wildman–Crippen MR) is 126 cm³/mol. The number of nitrogens with one attached hydrogen (secondary N) is 1. The molecule has 1 N–H and O–H groups in total. The molecule has 0 aromatic heterocycles. The minimum Gasteiger partial charge on any atom is -0.332 e. The summed E-state index contributed by atoms with van der Waals surface area (Å²) in [6, 6.07) is 13.1. The van der Waals surface area contributed by atoms with Crippen LogP contribution >= 0.6 is 35.0 Å². The molecular weight excluding hydrogens is 457 g/mol. The molecular formula is C22H23Cl2N3O3S. The Morgan fingerprint density at radius 3 is 2.61 bits per heavy atom. The average Bonchev–Trinajstić information content (AvgIpc) is 3.25. The number of carbonyl (C=O) groups is 3. The molecule has 1 atom stereocenters. The molecule has 164 valence electrons. The predicted octanol–water partition coefficient (Wildman–Crippen LogP) is 4.39. The molecule has 3 amide bonds. The van der Waals surface area contributed by atoms with Crippen molar-refractivity contribution >= 4 is 58.4 Å². The number of thioether (sulfide) groups is 1. The molecule has 9 heteroatoms. The molecule has 2 aromatic carbocycles. The molecule has 31 heavy (non-hydrogen) atoms. The van der Waals surface area contributed by atoms with Crippen molar-refractivity contribution < 1.29 is 14.4 Å². The quantitative estimate of drug-likeness (QED) is 0.639. The zero-order valence-electron chi connectivity index (χ0n) is 17.0. The van der Waals surface area contributed by atoms with Gasteiger partial charge in [0.15, 0.2) is 0 Å². The highest BCUT2D eigenvalue weighted by Gasteiger charge is 2.37. The third kappa shape index (κ3) is 5.93. The average molecular weight is 480 g/mol. The van der Waals surface area contributed by atoms with Crippen LogP contribution < -0.4 is 5.32 Å². The second-order valence-electron chi connectivity index (χ2n) is 7.09. The van der Waals surface area contributed by atoms with Crippen LogP contribution in [-0.2, 0) is 9.59 Å². The Morgan fingerprint density at radius 1 is 1.16 bits per heavy atom. The van der Waals surface area contributed by atoms with Gasteiger partial charge in [0.1, 0.15) is 6.04 Å². The fraction of sp³-hybridized carbons (Fsp3) is 0.318. The van der Waals surface area contributed by atoms with Gasteiger partial charge < -0.3 is 15.1 Å². The molecule has 1 saturated heterocycles. The van der Waals surface area contributed by atoms with E-state index in [-0.39, 0.29) is 24.3 Å². The number of halogens is 2. The normalized spacial score (nSPS) is 15.6. The summed E-state index contributed by atoms with van der Waals surface area (Å²) in [6.45, 7) is 2.20. The number of hydrogen-bond donors (Lipinski definition) is 1. The maximum atomic E-state index is 13.3. The van der Waals surface area contributed by atoms with Gasteiger partial charge in [0, 0.05) is 22.9 Å². The van der Waals surface area contributed by atoms with Crippen LogP contribution in [0.15, 0.2) is 48.5 Å². The Balaban J connectivity index is 1.71. The Bertz CT molecular complexity index is 958. The van der Waals surface area contributed by atoms with Gasteiger partial charge in [-0.3, -0.25) is 14.4 Å². The van der Waals surface area contributed by atoms with Gasteiger partial charge in [0.05, 0.1) is 23.1 Å². The molecule has 1 fully saturated rings. The number of nitrogens with zero attached hydrogens (tertiary/aromatic N) is 2. The monoisotopic (exact) mass is 479 g/mol. The Kier molecular flexibility index (Phi) is 8.23. The first-order valence-corrected chi connectivity index (χ1v) is 11.8. The number of anilines is 1. The van der Waals surface area contributed by atoms with Crippen molar-refractivity contribution in [2.75, 3.05) is 30.0 Å². The lowest BCUT2D eigenvalue weighted by molar-refractivity contribution is -0.137. The summed E-state index contributed by atoms with van der Waals surface area (Å²) >= 11 is 13.6. The van der Waals surface area contributed by atoms with Crippen LogP contribution in [0, 0.1) is 0 Å². The molecule has 1 aliphatic rings. The second-order valence-corrected chi connectivity index (χ2v) is 8.93. The summed E-state index contributed by atoms with van der Waals surface area (Å²) < 4.78 is 0. The van der Waals surface area contributed by atoms with E-state index in [1.165, 1.54) is 16.7 Å². The minimum atomic E-state index is -0.605. The summed E-state index contributed by atoms with van der Waals surface area (Å²) in [5, 5.41) is 3.51. The van der Waals surface area contributed by atoms with Gasteiger partial charge in [-0.2, -0.15) is 0 Å². The van der Waals surface area contributed by atoms with Crippen molar-refractivity contribution in [1.29, 1.82) is 0 Å². The van der Waals surface area contributed by atoms with Crippen molar-refractivity contribution in [2.45, 2.75) is 19.4 Å². The highest BCUT2D eigenvalue weighted by molar-refractivity contribution is 7.99. The van der Waals surface area contributed by atoms with E-state index in [1.54, 1.807) is 47.4 Å². The molecule has 1 heterocycles. The van der Waals surface area contributed by atoms with E-state index in [0.29, 0.717) is 45.9 Å². The van der Waals surface area contributed by atoms with E-state index in [0.717, 1.165) is 0 Å². The maximum absolute atomic E-state index is 13.3. The molecule has 6 nitrogen and oxygen atoms in total. The first kappa shape index (κ1) is 23.4. The molecule has 0 spiro atoms. The summed E-state index contributed by atoms with van der Waals surface area (Å²) in [5.41, 5.74) is 0.929. The van der Waals surface area contributed by atoms with Crippen LogP contribution in [0.25, 0.3) is 0 Å². The van der Waals surface area contributed by atoms with Gasteiger partial charge in [-0.25, -0.2) is 0 Å². The zero-order chi connectivity index (χ0) is 22.4. The summed E-state index contributed by atoms with van der Waals surface area (Å²) in [6.07, 6.45) is 0.684. The smallest absolute Gasteiger partial charge is 0.255 e. The zero-order valence-corrected chi connectivity index (χ0v) is 19.3. The van der Waals surface area contributed by atoms with Gasteiger partial charge in [-0.15, -0.1) is 11.8 Å². The van der Waals surface area contributed by atoms with E-state index in [2.05, 4.69) is 5.32 Å². The topological polar surface area (TPSA) is 69.7 Å². The molecule has 0 unspecified atom stereocenters. The Labute approximate surface area is 195 Å². The molecule has 0 bridgehead atoms. The largest absolute Gasteiger partial charge is 0.332 e. The number of amides is 3. The van der Waals surface area contributed by atoms with Crippen LogP contribution in [-0.4, -0.2) is 58.3 Å². The number of rotatable bonds is 7. The highest BCUT2D eigenvalue weighted by Crippen LogP contribution is 2.26. The van der Waals surface area contributed by atoms with E-state index in [9.17, 15) is 14.4 Å². The summed E-state index contributed by atoms with van der Waals surface area (Å²) in [5.74, 6) is 0.143. The number of benzene rings is 2. The third-order valence-corrected chi connectivity index (χ3v) is 6.37. The van der Waals surface area contributed by atoms with Gasteiger partial charge in [0.2, 0.25) is 11.8 Å². The molecule has 0 saturated carbocycles. The Morgan fingerprint density at radius 2 is 1.90 bits per heavy atom. The second kappa shape index (κ2) is 10.9. The van der Waals surface area contributed by atoms with Crippen LogP contribution in [0.1, 0.15) is 23.7 Å². The van der Waals surface area contributed by atoms with Crippen LogP contribution in [0.4, 0.5) is 5.69 Å². The third-order valence-electron chi connectivity index (χ3n) is 4.79.